The summed E-state index contributed by atoms with van der Waals surface area (Å²) in [5.41, 5.74) is 5.47. The lowest BCUT2D eigenvalue weighted by Gasteiger charge is -2.08. The van der Waals surface area contributed by atoms with Crippen molar-refractivity contribution in [1.29, 1.82) is 0 Å². The Kier molecular flexibility index (Phi) is 6.71. The number of hydrogen-bond donors (Lipinski definition) is 0. The van der Waals surface area contributed by atoms with Crippen molar-refractivity contribution in [2.75, 3.05) is 0 Å². The van der Waals surface area contributed by atoms with Gasteiger partial charge in [0.15, 0.2) is 0 Å². The molecule has 0 bridgehead atoms. The van der Waals surface area contributed by atoms with Crippen molar-refractivity contribution in [3.63, 3.8) is 0 Å². The second kappa shape index (κ2) is 8.98. The first-order valence-corrected chi connectivity index (χ1v) is 8.55. The van der Waals surface area contributed by atoms with Crippen molar-refractivity contribution in [2.24, 2.45) is 0 Å². The average Bonchev–Trinajstić information content (AvgIpc) is 2.64. The van der Waals surface area contributed by atoms with Gasteiger partial charge in [-0.05, 0) is 55.0 Å². The summed E-state index contributed by atoms with van der Waals surface area (Å²) in [5, 5.41) is 0. The van der Waals surface area contributed by atoms with Gasteiger partial charge in [-0.15, -0.1) is 6.58 Å². The fourth-order valence-electron chi connectivity index (χ4n) is 2.51. The zero-order valence-electron chi connectivity index (χ0n) is 15.1. The first-order chi connectivity index (χ1) is 12.0. The van der Waals surface area contributed by atoms with Crippen LogP contribution in [0.4, 0.5) is 4.39 Å². The highest BCUT2D eigenvalue weighted by molar-refractivity contribution is 5.75. The zero-order valence-corrected chi connectivity index (χ0v) is 15.1. The van der Waals surface area contributed by atoms with Crippen molar-refractivity contribution in [2.45, 2.75) is 26.7 Å². The van der Waals surface area contributed by atoms with E-state index in [0.29, 0.717) is 11.1 Å². The summed E-state index contributed by atoms with van der Waals surface area (Å²) >= 11 is 0. The van der Waals surface area contributed by atoms with Crippen molar-refractivity contribution in [3.8, 4) is 11.1 Å². The van der Waals surface area contributed by atoms with Crippen LogP contribution in [0.1, 0.15) is 31.4 Å². The number of hydrogen-bond acceptors (Lipinski definition) is 0. The van der Waals surface area contributed by atoms with Crippen LogP contribution < -0.4 is 0 Å². The minimum absolute atomic E-state index is 0.249. The van der Waals surface area contributed by atoms with Gasteiger partial charge in [0.1, 0.15) is 5.82 Å². The van der Waals surface area contributed by atoms with E-state index in [2.05, 4.69) is 25.3 Å². The quantitative estimate of drug-likeness (QED) is 0.373. The predicted molar refractivity (Wildman–Crippen MR) is 108 cm³/mol. The third-order valence-electron chi connectivity index (χ3n) is 4.24. The standard InChI is InChI=1S/C24H25F/c1-5-7-8-20-11-13-21(14-12-20)22-15-16-23(24(25)17-22)19(4)10-9-18(3)6-2/h5-6,9-17H,1,4,7-8H2,2-3H3/b10-9-,18-6-. The van der Waals surface area contributed by atoms with E-state index in [1.807, 2.05) is 56.4 Å². The fourth-order valence-corrected chi connectivity index (χ4v) is 2.51. The summed E-state index contributed by atoms with van der Waals surface area (Å²) in [6, 6.07) is 13.6. The van der Waals surface area contributed by atoms with E-state index in [1.165, 1.54) is 5.56 Å². The Labute approximate surface area is 150 Å². The highest BCUT2D eigenvalue weighted by Gasteiger charge is 2.07. The Morgan fingerprint density at radius 1 is 1.04 bits per heavy atom. The normalized spacial score (nSPS) is 11.7. The average molecular weight is 332 g/mol. The van der Waals surface area contributed by atoms with Gasteiger partial charge in [0.2, 0.25) is 0 Å². The van der Waals surface area contributed by atoms with Gasteiger partial charge in [-0.3, -0.25) is 0 Å². The molecule has 0 saturated heterocycles. The van der Waals surface area contributed by atoms with Crippen molar-refractivity contribution in [1.82, 2.24) is 0 Å². The lowest BCUT2D eigenvalue weighted by molar-refractivity contribution is 0.625. The van der Waals surface area contributed by atoms with Crippen molar-refractivity contribution >= 4 is 5.57 Å². The summed E-state index contributed by atoms with van der Waals surface area (Å²) in [6.45, 7) is 11.7. The molecule has 0 heterocycles. The maximum atomic E-state index is 14.5. The molecule has 0 aliphatic rings. The number of allylic oxidation sites excluding steroid dienone is 6. The van der Waals surface area contributed by atoms with Gasteiger partial charge in [0, 0.05) is 5.56 Å². The Bertz CT molecular complexity index is 804. The van der Waals surface area contributed by atoms with E-state index in [1.54, 1.807) is 12.1 Å². The van der Waals surface area contributed by atoms with E-state index >= 15 is 0 Å². The molecule has 0 aliphatic carbocycles. The Morgan fingerprint density at radius 3 is 2.32 bits per heavy atom. The predicted octanol–water partition coefficient (Wildman–Crippen LogP) is 7.15. The van der Waals surface area contributed by atoms with Gasteiger partial charge in [-0.2, -0.15) is 0 Å². The van der Waals surface area contributed by atoms with Crippen LogP contribution in [0.25, 0.3) is 16.7 Å². The third-order valence-corrected chi connectivity index (χ3v) is 4.24. The van der Waals surface area contributed by atoms with Crippen LogP contribution >= 0.6 is 0 Å². The van der Waals surface area contributed by atoms with Crippen molar-refractivity contribution in [3.05, 3.63) is 102 Å². The Morgan fingerprint density at radius 2 is 1.72 bits per heavy atom. The highest BCUT2D eigenvalue weighted by Crippen LogP contribution is 2.26. The van der Waals surface area contributed by atoms with Gasteiger partial charge >= 0.3 is 0 Å². The van der Waals surface area contributed by atoms with E-state index in [0.717, 1.165) is 29.5 Å². The number of halogens is 1. The van der Waals surface area contributed by atoms with Crippen LogP contribution in [0.15, 0.2) is 85.5 Å². The molecule has 0 spiro atoms. The molecule has 0 nitrogen and oxygen atoms in total. The monoisotopic (exact) mass is 332 g/mol. The second-order valence-corrected chi connectivity index (χ2v) is 6.11. The molecular formula is C24H25F. The molecule has 0 amide bonds. The first kappa shape index (κ1) is 18.7. The van der Waals surface area contributed by atoms with Gasteiger partial charge in [0.05, 0.1) is 0 Å². The van der Waals surface area contributed by atoms with Crippen LogP contribution in [0, 0.1) is 5.82 Å². The van der Waals surface area contributed by atoms with Crippen LogP contribution in [-0.4, -0.2) is 0 Å². The summed E-state index contributed by atoms with van der Waals surface area (Å²) in [6.07, 6.45) is 9.66. The number of benzene rings is 2. The maximum Gasteiger partial charge on any atom is 0.131 e. The molecule has 0 aliphatic heterocycles. The SMILES string of the molecule is C=CCCc1ccc(-c2ccc(C(=C)/C=C\C(C)=C/C)c(F)c2)cc1. The molecule has 0 atom stereocenters. The van der Waals surface area contributed by atoms with E-state index in [4.69, 9.17) is 0 Å². The smallest absolute Gasteiger partial charge is 0.131 e. The number of aryl methyl sites for hydroxylation is 1. The molecule has 2 aromatic carbocycles. The van der Waals surface area contributed by atoms with Crippen LogP contribution in [0.5, 0.6) is 0 Å². The van der Waals surface area contributed by atoms with Gasteiger partial charge < -0.3 is 0 Å². The molecule has 128 valence electrons. The molecule has 25 heavy (non-hydrogen) atoms. The van der Waals surface area contributed by atoms with Crippen LogP contribution in [-0.2, 0) is 6.42 Å². The van der Waals surface area contributed by atoms with Crippen molar-refractivity contribution < 1.29 is 4.39 Å². The lowest BCUT2D eigenvalue weighted by atomic mass is 9.98. The van der Waals surface area contributed by atoms with E-state index in [-0.39, 0.29) is 5.82 Å². The third kappa shape index (κ3) is 5.15. The molecule has 0 N–H and O–H groups in total. The molecule has 1 heteroatoms. The summed E-state index contributed by atoms with van der Waals surface area (Å²) in [7, 11) is 0. The van der Waals surface area contributed by atoms with E-state index < -0.39 is 0 Å². The minimum Gasteiger partial charge on any atom is -0.206 e. The fraction of sp³-hybridized carbons (Fsp3) is 0.167. The maximum absolute atomic E-state index is 14.5. The second-order valence-electron chi connectivity index (χ2n) is 6.11. The molecule has 0 fully saturated rings. The minimum atomic E-state index is -0.249. The molecule has 2 rings (SSSR count). The lowest BCUT2D eigenvalue weighted by Crippen LogP contribution is -1.89. The topological polar surface area (TPSA) is 0 Å². The summed E-state index contributed by atoms with van der Waals surface area (Å²) < 4.78 is 14.5. The first-order valence-electron chi connectivity index (χ1n) is 8.55. The summed E-state index contributed by atoms with van der Waals surface area (Å²) in [5.74, 6) is -0.249. The largest absolute Gasteiger partial charge is 0.206 e. The molecule has 0 saturated carbocycles. The molecule has 0 aromatic heterocycles. The number of rotatable bonds is 7. The zero-order chi connectivity index (χ0) is 18.2. The van der Waals surface area contributed by atoms with Gasteiger partial charge in [-0.1, -0.05) is 72.9 Å². The van der Waals surface area contributed by atoms with Crippen LogP contribution in [0.3, 0.4) is 0 Å². The molecular weight excluding hydrogens is 307 g/mol. The highest BCUT2D eigenvalue weighted by atomic mass is 19.1. The molecule has 0 unspecified atom stereocenters. The molecule has 0 radical (unpaired) electrons. The van der Waals surface area contributed by atoms with Gasteiger partial charge in [-0.25, -0.2) is 4.39 Å². The van der Waals surface area contributed by atoms with E-state index in [9.17, 15) is 4.39 Å². The van der Waals surface area contributed by atoms with Gasteiger partial charge in [0.25, 0.3) is 0 Å². The molecule has 2 aromatic rings. The Hall–Kier alpha value is -2.67. The van der Waals surface area contributed by atoms with Crippen LogP contribution in [0.2, 0.25) is 0 Å². The Balaban J connectivity index is 2.20. The summed E-state index contributed by atoms with van der Waals surface area (Å²) in [4.78, 5) is 0.